The summed E-state index contributed by atoms with van der Waals surface area (Å²) < 4.78 is 5.97. The lowest BCUT2D eigenvalue weighted by Crippen LogP contribution is -2.38. The van der Waals surface area contributed by atoms with Gasteiger partial charge in [0.15, 0.2) is 0 Å². The number of fused-ring (bicyclic) bond motifs is 1. The zero-order valence-corrected chi connectivity index (χ0v) is 12.5. The number of rotatable bonds is 5. The van der Waals surface area contributed by atoms with Gasteiger partial charge in [-0.3, -0.25) is 0 Å². The topological polar surface area (TPSA) is 18.5 Å². The third-order valence-electron chi connectivity index (χ3n) is 4.09. The monoisotopic (exact) mass is 277 g/mol. The van der Waals surface area contributed by atoms with E-state index in [1.54, 1.807) is 0 Å². The Bertz CT molecular complexity index is 418. The van der Waals surface area contributed by atoms with E-state index in [1.165, 1.54) is 43.6 Å². The highest BCUT2D eigenvalue weighted by Gasteiger charge is 2.22. The van der Waals surface area contributed by atoms with E-state index < -0.39 is 0 Å². The van der Waals surface area contributed by atoms with Gasteiger partial charge >= 0.3 is 0 Å². The summed E-state index contributed by atoms with van der Waals surface area (Å²) in [4.78, 5) is 2.53. The second-order valence-corrected chi connectivity index (χ2v) is 6.48. The lowest BCUT2D eigenvalue weighted by Gasteiger charge is -2.28. The molecule has 0 bridgehead atoms. The molecule has 2 heterocycles. The fraction of sp³-hybridized carbons (Fsp3) is 0.600. The quantitative estimate of drug-likeness (QED) is 0.834. The Kier molecular flexibility index (Phi) is 4.31. The molecule has 1 atom stereocenters. The number of benzene rings is 1. The van der Waals surface area contributed by atoms with Crippen molar-refractivity contribution in [2.75, 3.05) is 31.1 Å². The Morgan fingerprint density at radius 1 is 1.21 bits per heavy atom. The second kappa shape index (κ2) is 6.16. The van der Waals surface area contributed by atoms with Gasteiger partial charge in [-0.1, -0.05) is 18.2 Å². The van der Waals surface area contributed by atoms with Crippen LogP contribution in [0.2, 0.25) is 0 Å². The van der Waals surface area contributed by atoms with Crippen molar-refractivity contribution in [3.8, 4) is 0 Å². The van der Waals surface area contributed by atoms with Gasteiger partial charge in [0.25, 0.3) is 0 Å². The standard InChI is InChI=1S/C15H23N3S/c1-13(12-16-19-17-9-4-5-10-17)18-11-8-14-6-2-3-7-15(14)18/h2-3,6-7,13,16H,4-5,8-12H2,1H3. The van der Waals surface area contributed by atoms with Gasteiger partial charge in [0.1, 0.15) is 0 Å². The predicted molar refractivity (Wildman–Crippen MR) is 83.4 cm³/mol. The van der Waals surface area contributed by atoms with Crippen molar-refractivity contribution in [1.29, 1.82) is 0 Å². The molecule has 1 aromatic rings. The summed E-state index contributed by atoms with van der Waals surface area (Å²) in [7, 11) is 0. The van der Waals surface area contributed by atoms with Gasteiger partial charge < -0.3 is 4.90 Å². The summed E-state index contributed by atoms with van der Waals surface area (Å²) >= 11 is 1.81. The van der Waals surface area contributed by atoms with Crippen LogP contribution in [0.1, 0.15) is 25.3 Å². The Hall–Kier alpha value is -0.710. The van der Waals surface area contributed by atoms with E-state index in [-0.39, 0.29) is 0 Å². The van der Waals surface area contributed by atoms with Crippen molar-refractivity contribution >= 4 is 17.8 Å². The summed E-state index contributed by atoms with van der Waals surface area (Å²) in [5, 5.41) is 0. The molecule has 3 rings (SSSR count). The number of para-hydroxylation sites is 1. The average Bonchev–Trinajstić information content (AvgIpc) is 3.07. The molecule has 0 spiro atoms. The maximum atomic E-state index is 3.54. The van der Waals surface area contributed by atoms with Crippen LogP contribution in [0.15, 0.2) is 24.3 Å². The van der Waals surface area contributed by atoms with E-state index in [2.05, 4.69) is 45.1 Å². The van der Waals surface area contributed by atoms with Gasteiger partial charge in [-0.15, -0.1) is 0 Å². The van der Waals surface area contributed by atoms with E-state index >= 15 is 0 Å². The molecule has 1 fully saturated rings. The van der Waals surface area contributed by atoms with E-state index in [1.807, 2.05) is 12.1 Å². The van der Waals surface area contributed by atoms with Crippen molar-refractivity contribution in [2.24, 2.45) is 0 Å². The van der Waals surface area contributed by atoms with Gasteiger partial charge in [0, 0.05) is 50.0 Å². The predicted octanol–water partition coefficient (Wildman–Crippen LogP) is 2.69. The molecular weight excluding hydrogens is 254 g/mol. The molecule has 3 nitrogen and oxygen atoms in total. The number of nitrogens with one attached hydrogen (secondary N) is 1. The molecule has 0 saturated carbocycles. The highest BCUT2D eigenvalue weighted by atomic mass is 32.2. The third-order valence-corrected chi connectivity index (χ3v) is 5.01. The lowest BCUT2D eigenvalue weighted by atomic mass is 10.2. The van der Waals surface area contributed by atoms with Crippen molar-refractivity contribution in [1.82, 2.24) is 9.03 Å². The van der Waals surface area contributed by atoms with Crippen LogP contribution in [0.3, 0.4) is 0 Å². The molecule has 1 aromatic carbocycles. The molecule has 2 aliphatic heterocycles. The maximum absolute atomic E-state index is 3.54. The normalized spacial score (nSPS) is 20.8. The minimum atomic E-state index is 0.554. The smallest absolute Gasteiger partial charge is 0.0402 e. The van der Waals surface area contributed by atoms with E-state index in [0.29, 0.717) is 6.04 Å². The summed E-state index contributed by atoms with van der Waals surface area (Å²) in [5.74, 6) is 0. The minimum Gasteiger partial charge on any atom is -0.367 e. The molecule has 0 radical (unpaired) electrons. The zero-order chi connectivity index (χ0) is 13.1. The summed E-state index contributed by atoms with van der Waals surface area (Å²) in [5.41, 5.74) is 2.93. The van der Waals surface area contributed by atoms with Crippen molar-refractivity contribution in [3.05, 3.63) is 29.8 Å². The second-order valence-electron chi connectivity index (χ2n) is 5.50. The molecule has 1 saturated heterocycles. The Labute approximate surface area is 120 Å². The van der Waals surface area contributed by atoms with Crippen molar-refractivity contribution < 1.29 is 0 Å². The van der Waals surface area contributed by atoms with Gasteiger partial charge in [0.2, 0.25) is 0 Å². The number of hydrogen-bond acceptors (Lipinski definition) is 4. The molecule has 1 unspecified atom stereocenters. The molecule has 0 aliphatic carbocycles. The summed E-state index contributed by atoms with van der Waals surface area (Å²) in [6.07, 6.45) is 3.90. The first-order chi connectivity index (χ1) is 9.34. The largest absolute Gasteiger partial charge is 0.367 e. The fourth-order valence-electron chi connectivity index (χ4n) is 2.96. The fourth-order valence-corrected chi connectivity index (χ4v) is 3.90. The SMILES string of the molecule is CC(CNSN1CCCC1)N1CCc2ccccc21. The Morgan fingerprint density at radius 2 is 2.00 bits per heavy atom. The Balaban J connectivity index is 1.49. The van der Waals surface area contributed by atoms with Crippen LogP contribution in [0.5, 0.6) is 0 Å². The van der Waals surface area contributed by atoms with Crippen LogP contribution in [-0.4, -0.2) is 36.5 Å². The first kappa shape index (κ1) is 13.3. The van der Waals surface area contributed by atoms with Crippen LogP contribution >= 0.6 is 12.1 Å². The van der Waals surface area contributed by atoms with E-state index in [4.69, 9.17) is 0 Å². The molecular formula is C15H23N3S. The maximum Gasteiger partial charge on any atom is 0.0402 e. The van der Waals surface area contributed by atoms with Gasteiger partial charge in [-0.05, 0) is 37.8 Å². The highest BCUT2D eigenvalue weighted by Crippen LogP contribution is 2.29. The van der Waals surface area contributed by atoms with Crippen LogP contribution < -0.4 is 9.62 Å². The number of nitrogens with zero attached hydrogens (tertiary/aromatic N) is 2. The Morgan fingerprint density at radius 3 is 2.84 bits per heavy atom. The van der Waals surface area contributed by atoms with E-state index in [0.717, 1.165) is 13.1 Å². The van der Waals surface area contributed by atoms with Crippen LogP contribution in [-0.2, 0) is 6.42 Å². The van der Waals surface area contributed by atoms with Crippen LogP contribution in [0.4, 0.5) is 5.69 Å². The molecule has 1 N–H and O–H groups in total. The summed E-state index contributed by atoms with van der Waals surface area (Å²) in [6, 6.07) is 9.37. The minimum absolute atomic E-state index is 0.554. The van der Waals surface area contributed by atoms with Crippen molar-refractivity contribution in [2.45, 2.75) is 32.2 Å². The zero-order valence-electron chi connectivity index (χ0n) is 11.6. The average molecular weight is 277 g/mol. The first-order valence-electron chi connectivity index (χ1n) is 7.34. The molecule has 19 heavy (non-hydrogen) atoms. The molecule has 104 valence electrons. The molecule has 4 heteroatoms. The number of hydrogen-bond donors (Lipinski definition) is 1. The van der Waals surface area contributed by atoms with Crippen molar-refractivity contribution in [3.63, 3.8) is 0 Å². The van der Waals surface area contributed by atoms with Gasteiger partial charge in [-0.2, -0.15) is 0 Å². The van der Waals surface area contributed by atoms with Crippen LogP contribution in [0.25, 0.3) is 0 Å². The molecule has 0 aromatic heterocycles. The lowest BCUT2D eigenvalue weighted by molar-refractivity contribution is 0.572. The third kappa shape index (κ3) is 3.07. The van der Waals surface area contributed by atoms with E-state index in [9.17, 15) is 0 Å². The first-order valence-corrected chi connectivity index (χ1v) is 8.11. The van der Waals surface area contributed by atoms with Crippen LogP contribution in [0, 0.1) is 0 Å². The molecule has 0 amide bonds. The van der Waals surface area contributed by atoms with Gasteiger partial charge in [-0.25, -0.2) is 9.03 Å². The molecule has 2 aliphatic rings. The summed E-state index contributed by atoms with van der Waals surface area (Å²) in [6.45, 7) is 6.99. The number of anilines is 1. The van der Waals surface area contributed by atoms with Gasteiger partial charge in [0.05, 0.1) is 0 Å². The highest BCUT2D eigenvalue weighted by molar-refractivity contribution is 7.95.